The lowest BCUT2D eigenvalue weighted by Gasteiger charge is -2.44. The number of carbonyl (C=O) groups is 1. The third-order valence-electron chi connectivity index (χ3n) is 2.38. The molecule has 1 aromatic carbocycles. The molecule has 1 aliphatic rings. The van der Waals surface area contributed by atoms with Crippen molar-refractivity contribution in [3.05, 3.63) is 30.3 Å². The zero-order valence-corrected chi connectivity index (χ0v) is 7.87. The fourth-order valence-electron chi connectivity index (χ4n) is 1.57. The molecule has 1 saturated heterocycles. The van der Waals surface area contributed by atoms with Gasteiger partial charge >= 0.3 is 0 Å². The van der Waals surface area contributed by atoms with E-state index >= 15 is 0 Å². The van der Waals surface area contributed by atoms with Gasteiger partial charge in [0.1, 0.15) is 0 Å². The maximum atomic E-state index is 11.6. The summed E-state index contributed by atoms with van der Waals surface area (Å²) in [5.41, 5.74) is 0.780. The smallest absolute Gasteiger partial charge is 0.234 e. The van der Waals surface area contributed by atoms with E-state index in [-0.39, 0.29) is 11.3 Å². The first kappa shape index (κ1) is 8.30. The second-order valence-corrected chi connectivity index (χ2v) is 4.04. The Morgan fingerprint density at radius 3 is 2.77 bits per heavy atom. The van der Waals surface area contributed by atoms with Crippen molar-refractivity contribution in [2.24, 2.45) is 5.41 Å². The maximum Gasteiger partial charge on any atom is 0.234 e. The monoisotopic (exact) mass is 174 g/mol. The highest BCUT2D eigenvalue weighted by molar-refractivity contribution is 6.03. The normalized spacial score (nSPS) is 19.8. The van der Waals surface area contributed by atoms with Crippen LogP contribution >= 0.6 is 0 Å². The SMILES string of the molecule is CC1(C)CN(c2c[c]ccc2)C1=O. The number of rotatable bonds is 1. The molecule has 13 heavy (non-hydrogen) atoms. The molecule has 0 aliphatic carbocycles. The molecule has 1 aliphatic heterocycles. The molecule has 1 heterocycles. The van der Waals surface area contributed by atoms with E-state index in [1.54, 1.807) is 4.90 Å². The van der Waals surface area contributed by atoms with E-state index in [1.165, 1.54) is 0 Å². The zero-order chi connectivity index (χ0) is 9.47. The molecular formula is C11H12NO. The van der Waals surface area contributed by atoms with Gasteiger partial charge in [-0.25, -0.2) is 0 Å². The summed E-state index contributed by atoms with van der Waals surface area (Å²) >= 11 is 0. The molecule has 2 rings (SSSR count). The predicted octanol–water partition coefficient (Wildman–Crippen LogP) is 1.86. The molecule has 0 bridgehead atoms. The van der Waals surface area contributed by atoms with Crippen LogP contribution < -0.4 is 4.90 Å². The van der Waals surface area contributed by atoms with E-state index in [4.69, 9.17) is 0 Å². The molecule has 0 saturated carbocycles. The van der Waals surface area contributed by atoms with Crippen molar-refractivity contribution in [1.82, 2.24) is 0 Å². The minimum absolute atomic E-state index is 0.171. The van der Waals surface area contributed by atoms with Gasteiger partial charge in [-0.05, 0) is 32.0 Å². The van der Waals surface area contributed by atoms with Crippen molar-refractivity contribution in [1.29, 1.82) is 0 Å². The minimum Gasteiger partial charge on any atom is -0.311 e. The third kappa shape index (κ3) is 1.22. The maximum absolute atomic E-state index is 11.6. The van der Waals surface area contributed by atoms with Gasteiger partial charge in [0.2, 0.25) is 5.91 Å². The first-order chi connectivity index (χ1) is 6.11. The summed E-state index contributed by atoms with van der Waals surface area (Å²) in [6.45, 7) is 4.75. The number of carbonyl (C=O) groups excluding carboxylic acids is 1. The molecule has 0 atom stereocenters. The molecule has 67 valence electrons. The van der Waals surface area contributed by atoms with Crippen LogP contribution in [0.3, 0.4) is 0 Å². The Labute approximate surface area is 78.2 Å². The number of benzene rings is 1. The number of anilines is 1. The molecule has 0 unspecified atom stereocenters. The van der Waals surface area contributed by atoms with Gasteiger partial charge in [0.05, 0.1) is 5.41 Å². The van der Waals surface area contributed by atoms with Crippen LogP contribution in [0.4, 0.5) is 5.69 Å². The summed E-state index contributed by atoms with van der Waals surface area (Å²) in [4.78, 5) is 13.4. The topological polar surface area (TPSA) is 20.3 Å². The molecule has 0 spiro atoms. The Balaban J connectivity index is 2.20. The average molecular weight is 174 g/mol. The van der Waals surface area contributed by atoms with Gasteiger partial charge in [0.15, 0.2) is 0 Å². The van der Waals surface area contributed by atoms with Crippen molar-refractivity contribution < 1.29 is 4.79 Å². The summed E-state index contributed by atoms with van der Waals surface area (Å²) in [7, 11) is 0. The summed E-state index contributed by atoms with van der Waals surface area (Å²) in [5, 5.41) is 0. The van der Waals surface area contributed by atoms with Crippen LogP contribution in [-0.4, -0.2) is 12.5 Å². The predicted molar refractivity (Wildman–Crippen MR) is 51.4 cm³/mol. The van der Waals surface area contributed by atoms with Crippen LogP contribution in [0.15, 0.2) is 24.3 Å². The van der Waals surface area contributed by atoms with Gasteiger partial charge in [-0.1, -0.05) is 12.1 Å². The quantitative estimate of drug-likeness (QED) is 0.595. The molecule has 1 radical (unpaired) electrons. The Kier molecular flexibility index (Phi) is 1.65. The number of β-lactam (4-membered cyclic amide) rings is 1. The van der Waals surface area contributed by atoms with Crippen molar-refractivity contribution in [2.45, 2.75) is 13.8 Å². The summed E-state index contributed by atoms with van der Waals surface area (Å²) in [5.74, 6) is 0.201. The lowest BCUT2D eigenvalue weighted by molar-refractivity contribution is -0.132. The molecular weight excluding hydrogens is 162 g/mol. The summed E-state index contributed by atoms with van der Waals surface area (Å²) in [6, 6.07) is 10.5. The zero-order valence-electron chi connectivity index (χ0n) is 7.87. The Morgan fingerprint density at radius 2 is 2.31 bits per heavy atom. The van der Waals surface area contributed by atoms with E-state index < -0.39 is 0 Å². The highest BCUT2D eigenvalue weighted by Crippen LogP contribution is 2.34. The summed E-state index contributed by atoms with van der Waals surface area (Å²) < 4.78 is 0. The Hall–Kier alpha value is -1.31. The molecule has 0 N–H and O–H groups in total. The molecule has 2 nitrogen and oxygen atoms in total. The van der Waals surface area contributed by atoms with Gasteiger partial charge in [-0.15, -0.1) is 0 Å². The molecule has 2 heteroatoms. The highest BCUT2D eigenvalue weighted by Gasteiger charge is 2.44. The van der Waals surface area contributed by atoms with Crippen LogP contribution in [-0.2, 0) is 4.79 Å². The van der Waals surface area contributed by atoms with Gasteiger partial charge in [0.25, 0.3) is 0 Å². The van der Waals surface area contributed by atoms with Gasteiger partial charge in [-0.2, -0.15) is 0 Å². The lowest BCUT2D eigenvalue weighted by Crippen LogP contribution is -2.58. The lowest BCUT2D eigenvalue weighted by atomic mass is 9.83. The van der Waals surface area contributed by atoms with Crippen LogP contribution in [0, 0.1) is 11.5 Å². The van der Waals surface area contributed by atoms with Crippen LogP contribution in [0.5, 0.6) is 0 Å². The van der Waals surface area contributed by atoms with E-state index in [0.29, 0.717) is 0 Å². The van der Waals surface area contributed by atoms with E-state index in [0.717, 1.165) is 12.2 Å². The van der Waals surface area contributed by atoms with Crippen molar-refractivity contribution in [2.75, 3.05) is 11.4 Å². The molecule has 0 aromatic heterocycles. The molecule has 1 amide bonds. The number of amides is 1. The average Bonchev–Trinajstić information content (AvgIpc) is 2.15. The molecule has 1 fully saturated rings. The van der Waals surface area contributed by atoms with Crippen LogP contribution in [0.25, 0.3) is 0 Å². The Bertz CT molecular complexity index is 329. The van der Waals surface area contributed by atoms with Gasteiger partial charge in [0, 0.05) is 12.2 Å². The fraction of sp³-hybridized carbons (Fsp3) is 0.364. The second-order valence-electron chi connectivity index (χ2n) is 4.04. The van der Waals surface area contributed by atoms with E-state index in [9.17, 15) is 4.79 Å². The summed E-state index contributed by atoms with van der Waals surface area (Å²) in [6.07, 6.45) is 0. The third-order valence-corrected chi connectivity index (χ3v) is 2.38. The number of hydrogen-bond acceptors (Lipinski definition) is 1. The second kappa shape index (κ2) is 2.59. The van der Waals surface area contributed by atoms with Gasteiger partial charge < -0.3 is 4.90 Å². The van der Waals surface area contributed by atoms with E-state index in [1.807, 2.05) is 38.1 Å². The number of hydrogen-bond donors (Lipinski definition) is 0. The highest BCUT2D eigenvalue weighted by atomic mass is 16.2. The molecule has 1 aromatic rings. The fourth-order valence-corrected chi connectivity index (χ4v) is 1.57. The standard InChI is InChI=1S/C11H12NO/c1-11(2)8-12(10(11)13)9-6-4-3-5-7-9/h3-4,6-7H,8H2,1-2H3. The van der Waals surface area contributed by atoms with Gasteiger partial charge in [-0.3, -0.25) is 4.79 Å². The largest absolute Gasteiger partial charge is 0.311 e. The Morgan fingerprint density at radius 1 is 1.54 bits per heavy atom. The van der Waals surface area contributed by atoms with Crippen LogP contribution in [0.1, 0.15) is 13.8 Å². The first-order valence-electron chi connectivity index (χ1n) is 4.39. The van der Waals surface area contributed by atoms with Crippen molar-refractivity contribution in [3.8, 4) is 0 Å². The number of nitrogens with zero attached hydrogens (tertiary/aromatic N) is 1. The van der Waals surface area contributed by atoms with Crippen LogP contribution in [0.2, 0.25) is 0 Å². The van der Waals surface area contributed by atoms with Crippen molar-refractivity contribution >= 4 is 11.6 Å². The van der Waals surface area contributed by atoms with E-state index in [2.05, 4.69) is 6.07 Å². The minimum atomic E-state index is -0.171. The first-order valence-corrected chi connectivity index (χ1v) is 4.39. The van der Waals surface area contributed by atoms with Crippen molar-refractivity contribution in [3.63, 3.8) is 0 Å².